The number of carbonyl (C=O) groups excluding carboxylic acids is 4. The summed E-state index contributed by atoms with van der Waals surface area (Å²) in [4.78, 5) is 54.7. The van der Waals surface area contributed by atoms with Gasteiger partial charge in [-0.3, -0.25) is 19.7 Å². The van der Waals surface area contributed by atoms with Crippen LogP contribution in [0.5, 0.6) is 0 Å². The fraction of sp³-hybridized carbons (Fsp3) is 0.750. The predicted molar refractivity (Wildman–Crippen MR) is 174 cm³/mol. The summed E-state index contributed by atoms with van der Waals surface area (Å²) >= 11 is 0.688. The Balaban J connectivity index is 1.29. The van der Waals surface area contributed by atoms with Gasteiger partial charge in [-0.15, -0.1) is 0 Å². The number of carbonyl (C=O) groups is 4. The maximum absolute atomic E-state index is 13.5. The second kappa shape index (κ2) is 10.5. The van der Waals surface area contributed by atoms with Crippen molar-refractivity contribution < 1.29 is 28.8 Å². The van der Waals surface area contributed by atoms with Crippen molar-refractivity contribution >= 4 is 40.6 Å². The number of rotatable bonds is 3. The van der Waals surface area contributed by atoms with E-state index in [2.05, 4.69) is 65.0 Å². The maximum atomic E-state index is 13.5. The van der Waals surface area contributed by atoms with Gasteiger partial charge < -0.3 is 9.57 Å². The molecule has 2 amide bonds. The lowest BCUT2D eigenvalue weighted by Crippen LogP contribution is -2.64. The van der Waals surface area contributed by atoms with Crippen LogP contribution in [0.3, 0.4) is 0 Å². The Labute approximate surface area is 271 Å². The number of methoxy groups -OCH3 is 1. The Kier molecular flexibility index (Phi) is 7.62. The minimum Gasteiger partial charge on any atom is -0.469 e. The molecule has 1 N–H and O–H groups in total. The van der Waals surface area contributed by atoms with E-state index in [9.17, 15) is 19.2 Å². The van der Waals surface area contributed by atoms with Crippen LogP contribution in [0.1, 0.15) is 113 Å². The third-order valence-electron chi connectivity index (χ3n) is 14.1. The Morgan fingerprint density at radius 3 is 2.36 bits per heavy atom. The van der Waals surface area contributed by atoms with Crippen LogP contribution in [0.2, 0.25) is 0 Å². The van der Waals surface area contributed by atoms with Crippen LogP contribution in [0.15, 0.2) is 27.8 Å². The van der Waals surface area contributed by atoms with Crippen LogP contribution < -0.4 is 5.32 Å². The van der Waals surface area contributed by atoms with E-state index in [1.54, 1.807) is 7.11 Å². The summed E-state index contributed by atoms with van der Waals surface area (Å²) in [6.07, 6.45) is 13.4. The van der Waals surface area contributed by atoms with E-state index in [4.69, 9.17) is 9.57 Å². The number of thioether (sulfide) groups is 1. The molecule has 5 fully saturated rings. The second-order valence-corrected chi connectivity index (χ2v) is 17.9. The van der Waals surface area contributed by atoms with Gasteiger partial charge in [0.05, 0.1) is 23.1 Å². The van der Waals surface area contributed by atoms with E-state index in [1.807, 2.05) is 0 Å². The largest absolute Gasteiger partial charge is 0.469 e. The van der Waals surface area contributed by atoms with Gasteiger partial charge in [-0.05, 0) is 115 Å². The van der Waals surface area contributed by atoms with Gasteiger partial charge in [0, 0.05) is 11.5 Å². The molecule has 5 aliphatic carbocycles. The Morgan fingerprint density at radius 2 is 1.69 bits per heavy atom. The average Bonchev–Trinajstić information content (AvgIpc) is 3.27. The van der Waals surface area contributed by atoms with Gasteiger partial charge in [0.1, 0.15) is 0 Å². The van der Waals surface area contributed by atoms with Crippen molar-refractivity contribution in [1.82, 2.24) is 5.32 Å². The van der Waals surface area contributed by atoms with E-state index < -0.39 is 22.5 Å². The Bertz CT molecular complexity index is 1440. The van der Waals surface area contributed by atoms with E-state index >= 15 is 0 Å². The number of nitrogens with one attached hydrogen (secondary N) is 1. The topological polar surface area (TPSA) is 111 Å². The zero-order chi connectivity index (χ0) is 32.8. The molecule has 246 valence electrons. The third-order valence-corrected chi connectivity index (χ3v) is 15.0. The highest BCUT2D eigenvalue weighted by atomic mass is 32.2. The zero-order valence-electron chi connectivity index (χ0n) is 28.3. The van der Waals surface area contributed by atoms with E-state index in [1.165, 1.54) is 5.57 Å². The van der Waals surface area contributed by atoms with Gasteiger partial charge in [-0.2, -0.15) is 0 Å². The molecule has 6 aliphatic rings. The molecule has 0 bridgehead atoms. The van der Waals surface area contributed by atoms with Crippen LogP contribution in [0, 0.1) is 50.2 Å². The summed E-state index contributed by atoms with van der Waals surface area (Å²) < 4.78 is 5.51. The zero-order valence-corrected chi connectivity index (χ0v) is 29.1. The fourth-order valence-corrected chi connectivity index (χ4v) is 12.1. The highest BCUT2D eigenvalue weighted by molar-refractivity contribution is 8.18. The Hall–Kier alpha value is -2.42. The lowest BCUT2D eigenvalue weighted by Gasteiger charge is -2.70. The molecular formula is C36H50N2O6S. The molecule has 45 heavy (non-hydrogen) atoms. The van der Waals surface area contributed by atoms with Gasteiger partial charge in [0.25, 0.3) is 11.1 Å². The number of imide groups is 1. The van der Waals surface area contributed by atoms with Crippen molar-refractivity contribution in [3.05, 3.63) is 22.6 Å². The van der Waals surface area contributed by atoms with Crippen LogP contribution in [0.25, 0.3) is 0 Å². The van der Waals surface area contributed by atoms with E-state index in [0.717, 1.165) is 76.0 Å². The van der Waals surface area contributed by atoms with Gasteiger partial charge >= 0.3 is 11.9 Å². The van der Waals surface area contributed by atoms with Crippen LogP contribution in [-0.2, 0) is 24.0 Å². The van der Waals surface area contributed by atoms with Gasteiger partial charge in [0.15, 0.2) is 0 Å². The molecule has 0 aromatic heterocycles. The number of nitrogens with zero attached hydrogens (tertiary/aromatic N) is 1. The van der Waals surface area contributed by atoms with Crippen LogP contribution in [-0.4, -0.2) is 35.9 Å². The molecule has 0 aromatic carbocycles. The van der Waals surface area contributed by atoms with Gasteiger partial charge in [-0.1, -0.05) is 65.3 Å². The number of ether oxygens (including phenoxy) is 1. The van der Waals surface area contributed by atoms with Crippen molar-refractivity contribution in [2.75, 3.05) is 7.11 Å². The quantitative estimate of drug-likeness (QED) is 0.111. The van der Waals surface area contributed by atoms with E-state index in [0.29, 0.717) is 23.6 Å². The first-order chi connectivity index (χ1) is 20.9. The molecule has 6 rings (SSSR count). The minimum absolute atomic E-state index is 0.00890. The lowest BCUT2D eigenvalue weighted by atomic mass is 9.33. The first kappa shape index (κ1) is 32.5. The highest BCUT2D eigenvalue weighted by Crippen LogP contribution is 2.75. The number of oxime groups is 1. The molecule has 7 atom stereocenters. The third kappa shape index (κ3) is 4.71. The van der Waals surface area contributed by atoms with Crippen molar-refractivity contribution in [2.24, 2.45) is 55.4 Å². The van der Waals surface area contributed by atoms with Crippen LogP contribution >= 0.6 is 11.8 Å². The number of amides is 2. The molecule has 0 radical (unpaired) electrons. The molecule has 0 aromatic rings. The molecule has 0 unspecified atom stereocenters. The number of fused-ring (bicyclic) bond motifs is 7. The molecule has 1 heterocycles. The smallest absolute Gasteiger partial charge is 0.359 e. The molecule has 1 saturated heterocycles. The van der Waals surface area contributed by atoms with Crippen molar-refractivity contribution in [2.45, 2.75) is 113 Å². The SMILES string of the molecule is COC(=O)[C@]12CCC(C)(C)C[C@H]1C1=CC[C@H]3[C@@]4(C)CC/C(=N/OC(=O)/C=C5\SC(=O)NC5=O)C(C)(C)[C@@H]4CC[C@@]3(C)[C@]1(C)CC2. The molecule has 8 nitrogen and oxygen atoms in total. The summed E-state index contributed by atoms with van der Waals surface area (Å²) in [5.41, 5.74) is 2.13. The molecule has 1 aliphatic heterocycles. The Morgan fingerprint density at radius 1 is 0.978 bits per heavy atom. The van der Waals surface area contributed by atoms with Gasteiger partial charge in [0.2, 0.25) is 0 Å². The molecule has 0 spiro atoms. The first-order valence-corrected chi connectivity index (χ1v) is 17.6. The van der Waals surface area contributed by atoms with Crippen LogP contribution in [0.4, 0.5) is 4.79 Å². The van der Waals surface area contributed by atoms with Gasteiger partial charge in [-0.25, -0.2) is 4.79 Å². The number of allylic oxidation sites excluding steroid dienone is 2. The fourth-order valence-electron chi connectivity index (χ4n) is 11.4. The van der Waals surface area contributed by atoms with Crippen molar-refractivity contribution in [3.8, 4) is 0 Å². The average molecular weight is 639 g/mol. The standard InChI is InChI=1S/C36H50N2O6S/c1-31(2)15-17-36(29(41)43-8)18-16-34(6)21(22(36)20-31)9-10-25-33(5)13-12-26(32(3,4)24(33)11-14-35(25,34)7)38-44-27(39)19-23-28(40)37-30(42)45-23/h9,19,22,24-25H,10-18,20H2,1-8H3,(H,37,40,42)/b23-19-,38-26-/t22-,24-,25-,33-,34+,35+,36-/m0/s1. The maximum Gasteiger partial charge on any atom is 0.359 e. The number of hydrogen-bond acceptors (Lipinski definition) is 8. The molecule has 4 saturated carbocycles. The molecule has 9 heteroatoms. The predicted octanol–water partition coefficient (Wildman–Crippen LogP) is 7.73. The number of esters is 1. The summed E-state index contributed by atoms with van der Waals surface area (Å²) in [5.74, 6) is -0.263. The monoisotopic (exact) mass is 638 g/mol. The number of hydrogen-bond donors (Lipinski definition) is 1. The summed E-state index contributed by atoms with van der Waals surface area (Å²) in [6.45, 7) is 16.8. The lowest BCUT2D eigenvalue weighted by molar-refractivity contribution is -0.181. The second-order valence-electron chi connectivity index (χ2n) is 16.9. The van der Waals surface area contributed by atoms with E-state index in [-0.39, 0.29) is 43.9 Å². The minimum atomic E-state index is -0.751. The first-order valence-electron chi connectivity index (χ1n) is 16.8. The summed E-state index contributed by atoms with van der Waals surface area (Å²) in [5, 5.41) is 6.02. The summed E-state index contributed by atoms with van der Waals surface area (Å²) in [6, 6.07) is 0. The normalized spacial score (nSPS) is 43.3. The molecular weight excluding hydrogens is 588 g/mol. The highest BCUT2D eigenvalue weighted by Gasteiger charge is 2.69. The van der Waals surface area contributed by atoms with Crippen molar-refractivity contribution in [3.63, 3.8) is 0 Å². The summed E-state index contributed by atoms with van der Waals surface area (Å²) in [7, 11) is 1.56. The van der Waals surface area contributed by atoms with Crippen molar-refractivity contribution in [1.29, 1.82) is 0 Å².